The van der Waals surface area contributed by atoms with Gasteiger partial charge in [-0.15, -0.1) is 10.2 Å². The number of benzene rings is 1. The van der Waals surface area contributed by atoms with Crippen LogP contribution in [0.1, 0.15) is 13.8 Å². The third kappa shape index (κ3) is 1.91. The minimum atomic E-state index is 0.846. The Balaban J connectivity index is 2.57. The van der Waals surface area contributed by atoms with E-state index < -0.39 is 0 Å². The molecule has 4 nitrogen and oxygen atoms in total. The van der Waals surface area contributed by atoms with Crippen molar-refractivity contribution in [2.75, 3.05) is 23.7 Å². The zero-order valence-electron chi connectivity index (χ0n) is 9.62. The number of hydrogen-bond donors (Lipinski definition) is 2. The molecule has 0 aliphatic carbocycles. The molecule has 1 aromatic carbocycles. The lowest BCUT2D eigenvalue weighted by atomic mass is 10.1. The molecular formula is C12H16N4. The van der Waals surface area contributed by atoms with Gasteiger partial charge in [-0.1, -0.05) is 24.3 Å². The summed E-state index contributed by atoms with van der Waals surface area (Å²) in [7, 11) is 0. The molecule has 0 aliphatic heterocycles. The second-order valence-electron chi connectivity index (χ2n) is 3.50. The van der Waals surface area contributed by atoms with Crippen molar-refractivity contribution in [1.82, 2.24) is 10.2 Å². The molecule has 2 aromatic rings. The van der Waals surface area contributed by atoms with E-state index in [0.29, 0.717) is 0 Å². The van der Waals surface area contributed by atoms with Crippen molar-refractivity contribution >= 4 is 22.4 Å². The minimum Gasteiger partial charge on any atom is -0.368 e. The summed E-state index contributed by atoms with van der Waals surface area (Å²) in [6.45, 7) is 5.79. The van der Waals surface area contributed by atoms with Crippen LogP contribution in [0.3, 0.4) is 0 Å². The van der Waals surface area contributed by atoms with Crippen molar-refractivity contribution in [1.29, 1.82) is 0 Å². The van der Waals surface area contributed by atoms with Gasteiger partial charge in [0.05, 0.1) is 0 Å². The Bertz CT molecular complexity index is 437. The molecule has 4 heteroatoms. The smallest absolute Gasteiger partial charge is 0.156 e. The number of anilines is 2. The summed E-state index contributed by atoms with van der Waals surface area (Å²) in [5.41, 5.74) is 0. The number of rotatable bonds is 4. The van der Waals surface area contributed by atoms with Crippen molar-refractivity contribution in [3.05, 3.63) is 24.3 Å². The van der Waals surface area contributed by atoms with Gasteiger partial charge in [-0.3, -0.25) is 0 Å². The number of fused-ring (bicyclic) bond motifs is 1. The maximum Gasteiger partial charge on any atom is 0.156 e. The molecule has 1 heterocycles. The molecule has 0 saturated carbocycles. The highest BCUT2D eigenvalue weighted by Crippen LogP contribution is 2.25. The first-order chi connectivity index (χ1) is 7.86. The van der Waals surface area contributed by atoms with Crippen LogP contribution in [0, 0.1) is 0 Å². The zero-order valence-corrected chi connectivity index (χ0v) is 9.62. The van der Waals surface area contributed by atoms with Crippen LogP contribution >= 0.6 is 0 Å². The largest absolute Gasteiger partial charge is 0.368 e. The summed E-state index contributed by atoms with van der Waals surface area (Å²) in [6, 6.07) is 8.15. The number of hydrogen-bond acceptors (Lipinski definition) is 4. The van der Waals surface area contributed by atoms with E-state index in [9.17, 15) is 0 Å². The molecule has 2 N–H and O–H groups in total. The highest BCUT2D eigenvalue weighted by atomic mass is 15.2. The fraction of sp³-hybridized carbons (Fsp3) is 0.333. The van der Waals surface area contributed by atoms with E-state index >= 15 is 0 Å². The summed E-state index contributed by atoms with van der Waals surface area (Å²) in [5.74, 6) is 1.69. The van der Waals surface area contributed by atoms with Crippen molar-refractivity contribution < 1.29 is 0 Å². The second kappa shape index (κ2) is 4.79. The van der Waals surface area contributed by atoms with Gasteiger partial charge in [0.2, 0.25) is 0 Å². The Labute approximate surface area is 95.1 Å². The van der Waals surface area contributed by atoms with Crippen molar-refractivity contribution in [3.8, 4) is 0 Å². The molecule has 0 amide bonds. The molecule has 16 heavy (non-hydrogen) atoms. The maximum absolute atomic E-state index is 4.19. The molecule has 1 aromatic heterocycles. The lowest BCUT2D eigenvalue weighted by Crippen LogP contribution is -2.06. The van der Waals surface area contributed by atoms with E-state index in [2.05, 4.69) is 46.8 Å². The third-order valence-electron chi connectivity index (χ3n) is 2.38. The fourth-order valence-corrected chi connectivity index (χ4v) is 1.70. The quantitative estimate of drug-likeness (QED) is 0.824. The summed E-state index contributed by atoms with van der Waals surface area (Å²) >= 11 is 0. The topological polar surface area (TPSA) is 49.8 Å². The van der Waals surface area contributed by atoms with Crippen LogP contribution in [0.25, 0.3) is 10.8 Å². The van der Waals surface area contributed by atoms with E-state index in [1.165, 1.54) is 0 Å². The standard InChI is InChI=1S/C12H16N4/c1-3-13-11-9-7-5-6-8-10(9)12(14-4-2)16-15-11/h5-8H,3-4H2,1-2H3,(H,13,15)(H,14,16). The van der Waals surface area contributed by atoms with Crippen LogP contribution in [0.15, 0.2) is 24.3 Å². The summed E-state index contributed by atoms with van der Waals surface area (Å²) in [6.07, 6.45) is 0. The van der Waals surface area contributed by atoms with E-state index in [1.54, 1.807) is 0 Å². The number of nitrogens with one attached hydrogen (secondary N) is 2. The molecule has 84 valence electrons. The van der Waals surface area contributed by atoms with Gasteiger partial charge in [0, 0.05) is 23.9 Å². The molecular weight excluding hydrogens is 200 g/mol. The maximum atomic E-state index is 4.19. The Kier molecular flexibility index (Phi) is 3.19. The molecule has 0 fully saturated rings. The number of aromatic nitrogens is 2. The van der Waals surface area contributed by atoms with Crippen LogP contribution in [0.4, 0.5) is 11.6 Å². The third-order valence-corrected chi connectivity index (χ3v) is 2.38. The molecule has 0 aliphatic rings. The molecule has 0 atom stereocenters. The van der Waals surface area contributed by atoms with Gasteiger partial charge >= 0.3 is 0 Å². The number of nitrogens with zero attached hydrogens (tertiary/aromatic N) is 2. The van der Waals surface area contributed by atoms with Crippen molar-refractivity contribution in [2.24, 2.45) is 0 Å². The Hall–Kier alpha value is -1.84. The van der Waals surface area contributed by atoms with Crippen LogP contribution < -0.4 is 10.6 Å². The van der Waals surface area contributed by atoms with Crippen LogP contribution in [0.5, 0.6) is 0 Å². The SMILES string of the molecule is CCNc1nnc(NCC)c2ccccc12. The average molecular weight is 216 g/mol. The summed E-state index contributed by atoms with van der Waals surface area (Å²) in [4.78, 5) is 0. The summed E-state index contributed by atoms with van der Waals surface area (Å²) < 4.78 is 0. The van der Waals surface area contributed by atoms with Crippen LogP contribution in [-0.2, 0) is 0 Å². The molecule has 2 rings (SSSR count). The predicted molar refractivity (Wildman–Crippen MR) is 67.9 cm³/mol. The first-order valence-electron chi connectivity index (χ1n) is 5.60. The highest BCUT2D eigenvalue weighted by molar-refractivity contribution is 5.98. The van der Waals surface area contributed by atoms with Gasteiger partial charge in [0.15, 0.2) is 11.6 Å². The Morgan fingerprint density at radius 1 is 0.875 bits per heavy atom. The van der Waals surface area contributed by atoms with E-state index in [-0.39, 0.29) is 0 Å². The average Bonchev–Trinajstić information content (AvgIpc) is 2.33. The molecule has 0 saturated heterocycles. The van der Waals surface area contributed by atoms with Crippen LogP contribution in [0.2, 0.25) is 0 Å². The van der Waals surface area contributed by atoms with Gasteiger partial charge < -0.3 is 10.6 Å². The van der Waals surface area contributed by atoms with E-state index in [0.717, 1.165) is 35.5 Å². The highest BCUT2D eigenvalue weighted by Gasteiger charge is 2.06. The molecule has 0 radical (unpaired) electrons. The molecule has 0 spiro atoms. The Morgan fingerprint density at radius 3 is 1.69 bits per heavy atom. The minimum absolute atomic E-state index is 0.846. The monoisotopic (exact) mass is 216 g/mol. The predicted octanol–water partition coefficient (Wildman–Crippen LogP) is 2.49. The Morgan fingerprint density at radius 2 is 1.31 bits per heavy atom. The lowest BCUT2D eigenvalue weighted by molar-refractivity contribution is 1.01. The van der Waals surface area contributed by atoms with Gasteiger partial charge in [-0.2, -0.15) is 0 Å². The first kappa shape index (κ1) is 10.7. The van der Waals surface area contributed by atoms with Crippen LogP contribution in [-0.4, -0.2) is 23.3 Å². The molecule has 0 bridgehead atoms. The van der Waals surface area contributed by atoms with E-state index in [1.807, 2.05) is 12.1 Å². The van der Waals surface area contributed by atoms with Gasteiger partial charge in [-0.05, 0) is 13.8 Å². The summed E-state index contributed by atoms with van der Waals surface area (Å²) in [5, 5.41) is 17.0. The van der Waals surface area contributed by atoms with Gasteiger partial charge in [-0.25, -0.2) is 0 Å². The van der Waals surface area contributed by atoms with Crippen molar-refractivity contribution in [3.63, 3.8) is 0 Å². The lowest BCUT2D eigenvalue weighted by Gasteiger charge is -2.09. The molecule has 0 unspecified atom stereocenters. The normalized spacial score (nSPS) is 10.4. The fourth-order valence-electron chi connectivity index (χ4n) is 1.70. The zero-order chi connectivity index (χ0) is 11.4. The van der Waals surface area contributed by atoms with Gasteiger partial charge in [0.1, 0.15) is 0 Å². The van der Waals surface area contributed by atoms with E-state index in [4.69, 9.17) is 0 Å². The second-order valence-corrected chi connectivity index (χ2v) is 3.50. The van der Waals surface area contributed by atoms with Gasteiger partial charge in [0.25, 0.3) is 0 Å². The van der Waals surface area contributed by atoms with Crippen molar-refractivity contribution in [2.45, 2.75) is 13.8 Å². The first-order valence-corrected chi connectivity index (χ1v) is 5.60.